The zero-order valence-corrected chi connectivity index (χ0v) is 12.8. The number of aromatic nitrogens is 2. The maximum absolute atomic E-state index is 12.2. The van der Waals surface area contributed by atoms with Gasteiger partial charge in [0, 0.05) is 0 Å². The molecule has 0 amide bonds. The summed E-state index contributed by atoms with van der Waals surface area (Å²) in [6.45, 7) is 1.54. The fraction of sp³-hybridized carbons (Fsp3) is 0.0909. The first-order valence-corrected chi connectivity index (χ1v) is 7.71. The van der Waals surface area contributed by atoms with Gasteiger partial charge in [0.25, 0.3) is 10.0 Å². The smallest absolute Gasteiger partial charge is 0.335 e. The molecule has 0 fully saturated rings. The van der Waals surface area contributed by atoms with Crippen LogP contribution in [0.1, 0.15) is 16.1 Å². The van der Waals surface area contributed by atoms with Gasteiger partial charge in [-0.2, -0.15) is 5.10 Å². The number of carboxylic acids is 1. The second-order valence-corrected chi connectivity index (χ2v) is 6.55. The summed E-state index contributed by atoms with van der Waals surface area (Å²) in [6, 6.07) is 2.21. The van der Waals surface area contributed by atoms with Gasteiger partial charge >= 0.3 is 5.97 Å². The van der Waals surface area contributed by atoms with Crippen LogP contribution in [0.3, 0.4) is 0 Å². The lowest BCUT2D eigenvalue weighted by Gasteiger charge is -2.11. The van der Waals surface area contributed by atoms with Gasteiger partial charge in [-0.25, -0.2) is 13.2 Å². The maximum atomic E-state index is 12.2. The van der Waals surface area contributed by atoms with Crippen molar-refractivity contribution in [3.63, 3.8) is 0 Å². The summed E-state index contributed by atoms with van der Waals surface area (Å²) in [5.41, 5.74) is 0.105. The minimum absolute atomic E-state index is 0.0584. The summed E-state index contributed by atoms with van der Waals surface area (Å²) in [4.78, 5) is 10.8. The van der Waals surface area contributed by atoms with Gasteiger partial charge in [-0.3, -0.25) is 9.82 Å². The summed E-state index contributed by atoms with van der Waals surface area (Å²) in [7, 11) is -3.94. The van der Waals surface area contributed by atoms with Crippen LogP contribution in [0, 0.1) is 6.92 Å². The summed E-state index contributed by atoms with van der Waals surface area (Å²) < 4.78 is 26.6. The van der Waals surface area contributed by atoms with E-state index in [1.807, 2.05) is 0 Å². The van der Waals surface area contributed by atoms with E-state index in [0.717, 1.165) is 18.3 Å². The number of H-pyrrole nitrogens is 1. The number of anilines is 1. The van der Waals surface area contributed by atoms with Crippen molar-refractivity contribution in [2.24, 2.45) is 0 Å². The molecule has 0 spiro atoms. The van der Waals surface area contributed by atoms with Crippen molar-refractivity contribution in [1.82, 2.24) is 10.2 Å². The van der Waals surface area contributed by atoms with Gasteiger partial charge in [0.1, 0.15) is 4.90 Å². The first kappa shape index (κ1) is 15.6. The Labute approximate surface area is 129 Å². The van der Waals surface area contributed by atoms with Crippen molar-refractivity contribution >= 4 is 44.9 Å². The Morgan fingerprint density at radius 3 is 2.33 bits per heavy atom. The van der Waals surface area contributed by atoms with Crippen molar-refractivity contribution in [2.45, 2.75) is 11.8 Å². The number of aryl methyl sites for hydroxylation is 1. The average molecular weight is 350 g/mol. The minimum atomic E-state index is -3.94. The fourth-order valence-corrected chi connectivity index (χ4v) is 3.53. The molecule has 112 valence electrons. The highest BCUT2D eigenvalue weighted by Gasteiger charge is 2.22. The zero-order chi connectivity index (χ0) is 15.8. The van der Waals surface area contributed by atoms with Gasteiger partial charge in [-0.05, 0) is 19.1 Å². The molecule has 1 aromatic heterocycles. The molecule has 2 aromatic rings. The van der Waals surface area contributed by atoms with Gasteiger partial charge in [0.05, 0.1) is 33.2 Å². The number of sulfonamides is 1. The number of nitrogens with zero attached hydrogens (tertiary/aromatic N) is 1. The van der Waals surface area contributed by atoms with Crippen LogP contribution in [-0.2, 0) is 10.0 Å². The topological polar surface area (TPSA) is 112 Å². The third-order valence-electron chi connectivity index (χ3n) is 2.60. The number of hydrogen-bond acceptors (Lipinski definition) is 4. The van der Waals surface area contributed by atoms with E-state index in [-0.39, 0.29) is 26.2 Å². The molecule has 3 N–H and O–H groups in total. The van der Waals surface area contributed by atoms with E-state index in [2.05, 4.69) is 14.9 Å². The van der Waals surface area contributed by atoms with Crippen LogP contribution < -0.4 is 4.72 Å². The van der Waals surface area contributed by atoms with Crippen molar-refractivity contribution in [2.75, 3.05) is 4.72 Å². The molecule has 21 heavy (non-hydrogen) atoms. The van der Waals surface area contributed by atoms with Crippen LogP contribution in [0.2, 0.25) is 10.0 Å². The molecule has 0 unspecified atom stereocenters. The first-order valence-electron chi connectivity index (χ1n) is 5.47. The van der Waals surface area contributed by atoms with E-state index in [0.29, 0.717) is 5.69 Å². The third-order valence-corrected chi connectivity index (χ3v) is 4.66. The number of rotatable bonds is 4. The fourth-order valence-electron chi connectivity index (χ4n) is 1.59. The molecule has 0 saturated heterocycles. The highest BCUT2D eigenvalue weighted by Crippen LogP contribution is 2.33. The van der Waals surface area contributed by atoms with Crippen LogP contribution in [0.15, 0.2) is 23.2 Å². The molecule has 0 aliphatic carbocycles. The summed E-state index contributed by atoms with van der Waals surface area (Å²) >= 11 is 11.8. The van der Waals surface area contributed by atoms with Gasteiger partial charge in [0.15, 0.2) is 0 Å². The molecule has 1 aromatic carbocycles. The summed E-state index contributed by atoms with van der Waals surface area (Å²) in [6.07, 6.45) is 1.14. The second kappa shape index (κ2) is 5.55. The maximum Gasteiger partial charge on any atom is 0.335 e. The van der Waals surface area contributed by atoms with Crippen LogP contribution in [0.5, 0.6) is 0 Å². The van der Waals surface area contributed by atoms with Crippen molar-refractivity contribution in [3.05, 3.63) is 39.6 Å². The minimum Gasteiger partial charge on any atom is -0.478 e. The Morgan fingerprint density at radius 1 is 1.33 bits per heavy atom. The molecular formula is C11H9Cl2N3O4S. The Balaban J connectivity index is 2.45. The molecule has 7 nitrogen and oxygen atoms in total. The van der Waals surface area contributed by atoms with E-state index >= 15 is 0 Å². The lowest BCUT2D eigenvalue weighted by atomic mass is 10.2. The number of carboxylic acid groups (broad SMARTS) is 1. The number of aromatic carboxylic acids is 1. The Kier molecular flexibility index (Phi) is 4.13. The predicted molar refractivity (Wildman–Crippen MR) is 77.6 cm³/mol. The summed E-state index contributed by atoms with van der Waals surface area (Å²) in [5, 5.41) is 14.8. The molecule has 0 atom stereocenters. The average Bonchev–Trinajstić information content (AvgIpc) is 2.80. The number of aromatic amines is 1. The Bertz CT molecular complexity index is 794. The van der Waals surface area contributed by atoms with E-state index < -0.39 is 16.0 Å². The van der Waals surface area contributed by atoms with Gasteiger partial charge in [-0.1, -0.05) is 23.2 Å². The van der Waals surface area contributed by atoms with Crippen molar-refractivity contribution in [1.29, 1.82) is 0 Å². The number of nitrogens with one attached hydrogen (secondary N) is 2. The van der Waals surface area contributed by atoms with Gasteiger partial charge in [0.2, 0.25) is 0 Å². The SMILES string of the molecule is Cc1[nH]ncc1S(=O)(=O)Nc1c(Cl)cc(C(=O)O)cc1Cl. The molecule has 10 heteroatoms. The Morgan fingerprint density at radius 2 is 1.90 bits per heavy atom. The summed E-state index contributed by atoms with van der Waals surface area (Å²) in [5.74, 6) is -1.22. The van der Waals surface area contributed by atoms with E-state index in [4.69, 9.17) is 28.3 Å². The van der Waals surface area contributed by atoms with Crippen LogP contribution >= 0.6 is 23.2 Å². The largest absolute Gasteiger partial charge is 0.478 e. The first-order chi connectivity index (χ1) is 9.72. The molecule has 0 aliphatic heterocycles. The highest BCUT2D eigenvalue weighted by atomic mass is 35.5. The second-order valence-electron chi connectivity index (χ2n) is 4.08. The molecule has 0 bridgehead atoms. The number of hydrogen-bond donors (Lipinski definition) is 3. The van der Waals surface area contributed by atoms with E-state index in [1.54, 1.807) is 0 Å². The third kappa shape index (κ3) is 3.12. The van der Waals surface area contributed by atoms with Crippen LogP contribution in [0.25, 0.3) is 0 Å². The molecular weight excluding hydrogens is 341 g/mol. The molecule has 0 aliphatic rings. The Hall–Kier alpha value is -1.77. The van der Waals surface area contributed by atoms with Crippen LogP contribution in [0.4, 0.5) is 5.69 Å². The lowest BCUT2D eigenvalue weighted by molar-refractivity contribution is 0.0697. The molecule has 2 rings (SSSR count). The normalized spacial score (nSPS) is 11.4. The molecule has 0 saturated carbocycles. The predicted octanol–water partition coefficient (Wildman–Crippen LogP) is 2.52. The van der Waals surface area contributed by atoms with E-state index in [9.17, 15) is 13.2 Å². The zero-order valence-electron chi connectivity index (χ0n) is 10.5. The van der Waals surface area contributed by atoms with Crippen molar-refractivity contribution in [3.8, 4) is 0 Å². The molecule has 0 radical (unpaired) electrons. The lowest BCUT2D eigenvalue weighted by Crippen LogP contribution is -2.14. The molecule has 1 heterocycles. The standard InChI is InChI=1S/C11H9Cl2N3O4S/c1-5-9(4-14-15-5)21(19,20)16-10-7(12)2-6(11(17)18)3-8(10)13/h2-4,16H,1H3,(H,14,15)(H,17,18). The number of benzene rings is 1. The van der Waals surface area contributed by atoms with Gasteiger partial charge < -0.3 is 5.11 Å². The quantitative estimate of drug-likeness (QED) is 0.784. The van der Waals surface area contributed by atoms with Crippen molar-refractivity contribution < 1.29 is 18.3 Å². The monoisotopic (exact) mass is 349 g/mol. The van der Waals surface area contributed by atoms with Gasteiger partial charge in [-0.15, -0.1) is 0 Å². The number of carbonyl (C=O) groups is 1. The van der Waals surface area contributed by atoms with Crippen LogP contribution in [-0.4, -0.2) is 29.7 Å². The number of halogens is 2. The highest BCUT2D eigenvalue weighted by molar-refractivity contribution is 7.92. The van der Waals surface area contributed by atoms with E-state index in [1.165, 1.54) is 6.92 Å².